The zero-order chi connectivity index (χ0) is 16.6. The number of benzene rings is 1. The summed E-state index contributed by atoms with van der Waals surface area (Å²) in [6.07, 6.45) is 7.14. The molecule has 1 saturated heterocycles. The van der Waals surface area contributed by atoms with Gasteiger partial charge in [-0.1, -0.05) is 43.2 Å². The molecule has 2 fully saturated rings. The zero-order valence-corrected chi connectivity index (χ0v) is 14.3. The smallest absolute Gasteiger partial charge is 0.233 e. The molecule has 0 spiro atoms. The van der Waals surface area contributed by atoms with Gasteiger partial charge in [0, 0.05) is 30.9 Å². The van der Waals surface area contributed by atoms with Crippen molar-refractivity contribution in [3.63, 3.8) is 0 Å². The number of aryl methyl sites for hydroxylation is 1. The number of carbonyl (C=O) groups is 1. The largest absolute Gasteiger partial charge is 0.346 e. The summed E-state index contributed by atoms with van der Waals surface area (Å²) >= 11 is 0. The molecule has 1 aliphatic heterocycles. The van der Waals surface area contributed by atoms with Gasteiger partial charge < -0.3 is 9.88 Å². The summed E-state index contributed by atoms with van der Waals surface area (Å²) in [6.45, 7) is 3.66. The first-order valence-corrected chi connectivity index (χ1v) is 9.05. The second-order valence-corrected chi connectivity index (χ2v) is 7.34. The Kier molecular flexibility index (Phi) is 3.91. The van der Waals surface area contributed by atoms with Crippen LogP contribution in [0.2, 0.25) is 0 Å². The highest BCUT2D eigenvalue weighted by molar-refractivity contribution is 5.89. The minimum absolute atomic E-state index is 0.296. The first-order valence-electron chi connectivity index (χ1n) is 9.05. The fraction of sp³-hybridized carbons (Fsp3) is 0.500. The van der Waals surface area contributed by atoms with Crippen molar-refractivity contribution < 1.29 is 4.79 Å². The number of nitrogens with one attached hydrogen (secondary N) is 1. The van der Waals surface area contributed by atoms with Gasteiger partial charge in [-0.2, -0.15) is 0 Å². The van der Waals surface area contributed by atoms with Crippen molar-refractivity contribution in [1.82, 2.24) is 14.9 Å². The predicted molar refractivity (Wildman–Crippen MR) is 93.9 cm³/mol. The molecule has 2 heterocycles. The van der Waals surface area contributed by atoms with E-state index in [1.54, 1.807) is 0 Å². The van der Waals surface area contributed by atoms with Gasteiger partial charge in [0.15, 0.2) is 0 Å². The number of aromatic nitrogens is 2. The standard InChI is InChI=1S/C20H25N3O/c1-15-13-21-18(22-15)16-9-12-23(14-16)19(24)20(10-5-6-11-20)17-7-3-2-4-8-17/h2-4,7-8,13,16H,5-6,9-12,14H2,1H3,(H,21,22). The molecular formula is C20H25N3O. The first kappa shape index (κ1) is 15.4. The molecule has 1 unspecified atom stereocenters. The molecule has 1 aliphatic carbocycles. The highest BCUT2D eigenvalue weighted by atomic mass is 16.2. The van der Waals surface area contributed by atoms with E-state index in [0.717, 1.165) is 56.7 Å². The third-order valence-corrected chi connectivity index (χ3v) is 5.78. The summed E-state index contributed by atoms with van der Waals surface area (Å²) in [5.74, 6) is 1.71. The Labute approximate surface area is 143 Å². The minimum atomic E-state index is -0.296. The van der Waals surface area contributed by atoms with Crippen LogP contribution < -0.4 is 0 Å². The lowest BCUT2D eigenvalue weighted by Crippen LogP contribution is -2.44. The fourth-order valence-electron chi connectivity index (χ4n) is 4.47. The lowest BCUT2D eigenvalue weighted by atomic mass is 9.77. The Morgan fingerprint density at radius 2 is 2.00 bits per heavy atom. The SMILES string of the molecule is Cc1cnc(C2CCN(C(=O)C3(c4ccccc4)CCCC3)C2)[nH]1. The molecule has 2 aliphatic rings. The lowest BCUT2D eigenvalue weighted by Gasteiger charge is -2.33. The minimum Gasteiger partial charge on any atom is -0.346 e. The van der Waals surface area contributed by atoms with Crippen LogP contribution in [-0.2, 0) is 10.2 Å². The van der Waals surface area contributed by atoms with Gasteiger partial charge in [-0.25, -0.2) is 4.98 Å². The Morgan fingerprint density at radius 3 is 2.67 bits per heavy atom. The third-order valence-electron chi connectivity index (χ3n) is 5.78. The maximum atomic E-state index is 13.4. The van der Waals surface area contributed by atoms with E-state index < -0.39 is 0 Å². The van der Waals surface area contributed by atoms with Crippen molar-refractivity contribution in [2.75, 3.05) is 13.1 Å². The molecule has 1 amide bonds. The first-order chi connectivity index (χ1) is 11.7. The van der Waals surface area contributed by atoms with Crippen LogP contribution >= 0.6 is 0 Å². The van der Waals surface area contributed by atoms with Crippen LogP contribution in [0.25, 0.3) is 0 Å². The average Bonchev–Trinajstić information content (AvgIpc) is 3.35. The van der Waals surface area contributed by atoms with E-state index in [1.165, 1.54) is 5.56 Å². The van der Waals surface area contributed by atoms with E-state index in [9.17, 15) is 4.79 Å². The molecule has 0 bridgehead atoms. The normalized spacial score (nSPS) is 22.9. The second-order valence-electron chi connectivity index (χ2n) is 7.34. The van der Waals surface area contributed by atoms with Gasteiger partial charge in [0.1, 0.15) is 5.82 Å². The number of imidazole rings is 1. The Balaban J connectivity index is 1.56. The molecule has 1 saturated carbocycles. The summed E-state index contributed by atoms with van der Waals surface area (Å²) in [5.41, 5.74) is 1.99. The van der Waals surface area contributed by atoms with Gasteiger partial charge in [0.05, 0.1) is 5.41 Å². The number of H-pyrrole nitrogens is 1. The van der Waals surface area contributed by atoms with E-state index in [0.29, 0.717) is 11.8 Å². The topological polar surface area (TPSA) is 49.0 Å². The summed E-state index contributed by atoms with van der Waals surface area (Å²) in [6, 6.07) is 10.4. The number of likely N-dealkylation sites (tertiary alicyclic amines) is 1. The van der Waals surface area contributed by atoms with Gasteiger partial charge in [0.2, 0.25) is 5.91 Å². The quantitative estimate of drug-likeness (QED) is 0.939. The molecular weight excluding hydrogens is 298 g/mol. The van der Waals surface area contributed by atoms with Gasteiger partial charge >= 0.3 is 0 Å². The molecule has 1 atom stereocenters. The van der Waals surface area contributed by atoms with Gasteiger partial charge in [-0.3, -0.25) is 4.79 Å². The zero-order valence-electron chi connectivity index (χ0n) is 14.3. The number of aromatic amines is 1. The summed E-state index contributed by atoms with van der Waals surface area (Å²) in [4.78, 5) is 23.3. The van der Waals surface area contributed by atoms with E-state index in [4.69, 9.17) is 0 Å². The Bertz CT molecular complexity index is 715. The molecule has 4 nitrogen and oxygen atoms in total. The number of hydrogen-bond donors (Lipinski definition) is 1. The van der Waals surface area contributed by atoms with Crippen molar-refractivity contribution in [3.8, 4) is 0 Å². The number of amides is 1. The average molecular weight is 323 g/mol. The molecule has 1 N–H and O–H groups in total. The summed E-state index contributed by atoms with van der Waals surface area (Å²) in [7, 11) is 0. The maximum Gasteiger partial charge on any atom is 0.233 e. The fourth-order valence-corrected chi connectivity index (χ4v) is 4.47. The maximum absolute atomic E-state index is 13.4. The van der Waals surface area contributed by atoms with Crippen LogP contribution in [0.3, 0.4) is 0 Å². The van der Waals surface area contributed by atoms with Crippen molar-refractivity contribution in [3.05, 3.63) is 53.6 Å². The molecule has 1 aromatic heterocycles. The molecule has 2 aromatic rings. The predicted octanol–water partition coefficient (Wildman–Crippen LogP) is 3.55. The molecule has 126 valence electrons. The highest BCUT2D eigenvalue weighted by Gasteiger charge is 2.46. The van der Waals surface area contributed by atoms with Crippen molar-refractivity contribution in [2.45, 2.75) is 50.4 Å². The van der Waals surface area contributed by atoms with Crippen LogP contribution in [0, 0.1) is 6.92 Å². The number of nitrogens with zero attached hydrogens (tertiary/aromatic N) is 2. The van der Waals surface area contributed by atoms with Gasteiger partial charge in [0.25, 0.3) is 0 Å². The molecule has 1 aromatic carbocycles. The second kappa shape index (κ2) is 6.08. The van der Waals surface area contributed by atoms with Crippen LogP contribution in [0.15, 0.2) is 36.5 Å². The summed E-state index contributed by atoms with van der Waals surface area (Å²) in [5, 5.41) is 0. The Morgan fingerprint density at radius 1 is 1.25 bits per heavy atom. The van der Waals surface area contributed by atoms with Crippen LogP contribution in [0.1, 0.15) is 55.1 Å². The number of carbonyl (C=O) groups excluding carboxylic acids is 1. The van der Waals surface area contributed by atoms with E-state index in [1.807, 2.05) is 19.2 Å². The van der Waals surface area contributed by atoms with Crippen LogP contribution in [0.4, 0.5) is 0 Å². The monoisotopic (exact) mass is 323 g/mol. The highest BCUT2D eigenvalue weighted by Crippen LogP contribution is 2.43. The number of rotatable bonds is 3. The van der Waals surface area contributed by atoms with E-state index in [-0.39, 0.29) is 5.41 Å². The summed E-state index contributed by atoms with van der Waals surface area (Å²) < 4.78 is 0. The van der Waals surface area contributed by atoms with Gasteiger partial charge in [-0.05, 0) is 31.7 Å². The van der Waals surface area contributed by atoms with Gasteiger partial charge in [-0.15, -0.1) is 0 Å². The van der Waals surface area contributed by atoms with Crippen molar-refractivity contribution in [1.29, 1.82) is 0 Å². The lowest BCUT2D eigenvalue weighted by molar-refractivity contribution is -0.136. The van der Waals surface area contributed by atoms with E-state index >= 15 is 0 Å². The van der Waals surface area contributed by atoms with Crippen LogP contribution in [0.5, 0.6) is 0 Å². The Hall–Kier alpha value is -2.10. The molecule has 0 radical (unpaired) electrons. The number of hydrogen-bond acceptors (Lipinski definition) is 2. The molecule has 24 heavy (non-hydrogen) atoms. The third kappa shape index (κ3) is 2.54. The van der Waals surface area contributed by atoms with Crippen molar-refractivity contribution in [2.24, 2.45) is 0 Å². The van der Waals surface area contributed by atoms with Crippen molar-refractivity contribution >= 4 is 5.91 Å². The van der Waals surface area contributed by atoms with E-state index in [2.05, 4.69) is 39.1 Å². The molecule has 4 rings (SSSR count). The molecule has 4 heteroatoms. The van der Waals surface area contributed by atoms with Crippen LogP contribution in [-0.4, -0.2) is 33.9 Å².